The van der Waals surface area contributed by atoms with Gasteiger partial charge in [-0.05, 0) is 55.0 Å². The van der Waals surface area contributed by atoms with Crippen LogP contribution >= 0.6 is 34.8 Å². The smallest absolute Gasteiger partial charge is 0.273 e. The first-order valence-electron chi connectivity index (χ1n) is 9.14. The van der Waals surface area contributed by atoms with Crippen LogP contribution in [0.2, 0.25) is 10.0 Å². The molecule has 9 heteroatoms. The number of halogens is 3. The molecule has 1 fully saturated rings. The normalized spacial score (nSPS) is 14.7. The van der Waals surface area contributed by atoms with Crippen LogP contribution in [0.3, 0.4) is 0 Å². The van der Waals surface area contributed by atoms with Gasteiger partial charge in [-0.2, -0.15) is 5.01 Å². The van der Waals surface area contributed by atoms with Crippen molar-refractivity contribution in [2.24, 2.45) is 0 Å². The molecule has 0 unspecified atom stereocenters. The summed E-state index contributed by atoms with van der Waals surface area (Å²) in [4.78, 5) is 51.6. The van der Waals surface area contributed by atoms with Gasteiger partial charge in [0.05, 0.1) is 0 Å². The van der Waals surface area contributed by atoms with Crippen LogP contribution in [-0.4, -0.2) is 45.4 Å². The highest BCUT2D eigenvalue weighted by Crippen LogP contribution is 2.25. The average Bonchev–Trinajstić information content (AvgIpc) is 3.06. The molecule has 0 spiro atoms. The molecule has 1 aliphatic rings. The van der Waals surface area contributed by atoms with E-state index in [1.54, 1.807) is 12.1 Å². The summed E-state index contributed by atoms with van der Waals surface area (Å²) < 4.78 is 0. The maximum Gasteiger partial charge on any atom is 0.273 e. The number of carbonyl (C=O) groups excluding carboxylic acids is 4. The number of nitrogens with zero attached hydrogens (tertiary/aromatic N) is 2. The maximum atomic E-state index is 13.4. The van der Waals surface area contributed by atoms with Crippen molar-refractivity contribution in [3.8, 4) is 0 Å². The van der Waals surface area contributed by atoms with E-state index in [1.807, 2.05) is 0 Å². The first-order valence-corrected chi connectivity index (χ1v) is 10.4. The van der Waals surface area contributed by atoms with Gasteiger partial charge in [-0.15, -0.1) is 11.6 Å². The Morgan fingerprint density at radius 1 is 0.867 bits per heavy atom. The van der Waals surface area contributed by atoms with Crippen LogP contribution < -0.4 is 0 Å². The Hall–Kier alpha value is -2.41. The Balaban J connectivity index is 2.07. The van der Waals surface area contributed by atoms with E-state index in [0.717, 1.165) is 10.0 Å². The molecule has 0 radical (unpaired) electrons. The highest BCUT2D eigenvalue weighted by Gasteiger charge is 2.43. The Morgan fingerprint density at radius 2 is 1.33 bits per heavy atom. The third kappa shape index (κ3) is 4.67. The molecule has 0 bridgehead atoms. The van der Waals surface area contributed by atoms with Gasteiger partial charge in [0.2, 0.25) is 11.8 Å². The summed E-state index contributed by atoms with van der Waals surface area (Å²) in [7, 11) is 0. The van der Waals surface area contributed by atoms with E-state index >= 15 is 0 Å². The van der Waals surface area contributed by atoms with E-state index in [4.69, 9.17) is 34.8 Å². The van der Waals surface area contributed by atoms with Crippen LogP contribution in [0.1, 0.15) is 40.0 Å². The minimum absolute atomic E-state index is 0.0324. The minimum atomic E-state index is -1.15. The third-order valence-electron chi connectivity index (χ3n) is 4.65. The molecule has 30 heavy (non-hydrogen) atoms. The van der Waals surface area contributed by atoms with E-state index in [2.05, 4.69) is 0 Å². The molecule has 3 rings (SSSR count). The zero-order chi connectivity index (χ0) is 21.8. The fraction of sp³-hybridized carbons (Fsp3) is 0.238. The average molecular weight is 468 g/mol. The third-order valence-corrected chi connectivity index (χ3v) is 5.37. The van der Waals surface area contributed by atoms with Crippen LogP contribution in [0.25, 0.3) is 0 Å². The molecule has 2 aromatic rings. The van der Waals surface area contributed by atoms with Crippen molar-refractivity contribution in [1.82, 2.24) is 10.0 Å². The summed E-state index contributed by atoms with van der Waals surface area (Å²) in [5.74, 6) is -2.20. The van der Waals surface area contributed by atoms with Gasteiger partial charge in [0.25, 0.3) is 5.91 Å². The summed E-state index contributed by atoms with van der Waals surface area (Å²) in [6.45, 7) is 0. The van der Waals surface area contributed by atoms with Gasteiger partial charge in [-0.25, -0.2) is 5.01 Å². The molecule has 0 aliphatic carbocycles. The Kier molecular flexibility index (Phi) is 7.13. The number of carbonyl (C=O) groups is 4. The maximum absolute atomic E-state index is 13.4. The number of rotatable bonds is 7. The topological polar surface area (TPSA) is 74.8 Å². The Morgan fingerprint density at radius 3 is 1.80 bits per heavy atom. The van der Waals surface area contributed by atoms with Gasteiger partial charge in [-0.1, -0.05) is 23.2 Å². The number of hydrogen-bond donors (Lipinski definition) is 0. The van der Waals surface area contributed by atoms with Crippen molar-refractivity contribution in [3.05, 3.63) is 69.7 Å². The van der Waals surface area contributed by atoms with Crippen molar-refractivity contribution in [2.45, 2.75) is 25.3 Å². The van der Waals surface area contributed by atoms with Gasteiger partial charge >= 0.3 is 0 Å². The lowest BCUT2D eigenvalue weighted by Gasteiger charge is -2.36. The van der Waals surface area contributed by atoms with Crippen molar-refractivity contribution in [1.29, 1.82) is 0 Å². The van der Waals surface area contributed by atoms with E-state index in [9.17, 15) is 19.2 Å². The Labute approximate surface area is 188 Å². The van der Waals surface area contributed by atoms with Crippen LogP contribution in [0.15, 0.2) is 48.5 Å². The second-order valence-corrected chi connectivity index (χ2v) is 7.87. The summed E-state index contributed by atoms with van der Waals surface area (Å²) in [6.07, 6.45) is -0.0304. The van der Waals surface area contributed by atoms with Gasteiger partial charge in [0, 0.05) is 39.9 Å². The number of amides is 3. The van der Waals surface area contributed by atoms with Crippen molar-refractivity contribution in [3.63, 3.8) is 0 Å². The van der Waals surface area contributed by atoms with Crippen LogP contribution in [0.5, 0.6) is 0 Å². The molecule has 0 saturated carbocycles. The van der Waals surface area contributed by atoms with Crippen LogP contribution in [-0.2, 0) is 9.59 Å². The van der Waals surface area contributed by atoms with Gasteiger partial charge in [-0.3, -0.25) is 19.2 Å². The number of hydrogen-bond acceptors (Lipinski definition) is 4. The molecular weight excluding hydrogens is 451 g/mol. The highest BCUT2D eigenvalue weighted by molar-refractivity contribution is 6.31. The number of hydrazine groups is 1. The van der Waals surface area contributed by atoms with Crippen molar-refractivity contribution in [2.75, 3.05) is 5.88 Å². The first kappa shape index (κ1) is 22.3. The van der Waals surface area contributed by atoms with Gasteiger partial charge < -0.3 is 0 Å². The molecule has 0 N–H and O–H groups in total. The molecule has 1 aliphatic heterocycles. The van der Waals surface area contributed by atoms with Crippen molar-refractivity contribution >= 4 is 58.3 Å². The SMILES string of the molecule is O=C(c1ccc(Cl)cc1)[C@H](CCCl)N(C(=O)c1ccc(Cl)cc1)N1C(=O)CCC1=O. The molecule has 156 valence electrons. The molecule has 6 nitrogen and oxygen atoms in total. The number of ketones is 1. The molecule has 1 heterocycles. The lowest BCUT2D eigenvalue weighted by molar-refractivity contribution is -0.154. The van der Waals surface area contributed by atoms with E-state index in [1.165, 1.54) is 36.4 Å². The molecule has 0 aromatic heterocycles. The molecule has 2 aromatic carbocycles. The van der Waals surface area contributed by atoms with E-state index in [0.29, 0.717) is 10.0 Å². The largest absolute Gasteiger partial charge is 0.292 e. The standard InChI is InChI=1S/C21H17Cl3N2O4/c22-12-11-17(20(29)13-1-5-15(23)6-2-13)25(26-18(27)9-10-19(26)28)21(30)14-3-7-16(24)8-4-14/h1-8,17H,9-12H2/t17-/m0/s1. The summed E-state index contributed by atoms with van der Waals surface area (Å²) in [5.41, 5.74) is 0.456. The Bertz CT molecular complexity index is 961. The molecule has 1 atom stereocenters. The van der Waals surface area contributed by atoms with Crippen LogP contribution in [0, 0.1) is 0 Å². The van der Waals surface area contributed by atoms with Crippen LogP contribution in [0.4, 0.5) is 0 Å². The number of alkyl halides is 1. The lowest BCUT2D eigenvalue weighted by Crippen LogP contribution is -2.57. The zero-order valence-corrected chi connectivity index (χ0v) is 18.0. The predicted molar refractivity (Wildman–Crippen MR) is 114 cm³/mol. The fourth-order valence-electron chi connectivity index (χ4n) is 3.18. The van der Waals surface area contributed by atoms with E-state index < -0.39 is 29.5 Å². The molecule has 1 saturated heterocycles. The van der Waals surface area contributed by atoms with Gasteiger partial charge in [0.1, 0.15) is 6.04 Å². The minimum Gasteiger partial charge on any atom is -0.292 e. The predicted octanol–water partition coefficient (Wildman–Crippen LogP) is 4.38. The number of benzene rings is 2. The quantitative estimate of drug-likeness (QED) is 0.344. The van der Waals surface area contributed by atoms with Gasteiger partial charge in [0.15, 0.2) is 5.78 Å². The van der Waals surface area contributed by atoms with Crippen molar-refractivity contribution < 1.29 is 19.2 Å². The second-order valence-electron chi connectivity index (χ2n) is 6.62. The lowest BCUT2D eigenvalue weighted by atomic mass is 10.0. The second kappa shape index (κ2) is 9.60. The summed E-state index contributed by atoms with van der Waals surface area (Å²) in [6, 6.07) is 10.9. The summed E-state index contributed by atoms with van der Waals surface area (Å²) in [5, 5.41) is 2.56. The number of imide groups is 1. The number of Topliss-reactive ketones (excluding diaryl/α,β-unsaturated/α-hetero) is 1. The molecular formula is C21H17Cl3N2O4. The fourth-order valence-corrected chi connectivity index (χ4v) is 3.63. The highest BCUT2D eigenvalue weighted by atomic mass is 35.5. The van der Waals surface area contributed by atoms with E-state index in [-0.39, 0.29) is 36.3 Å². The first-order chi connectivity index (χ1) is 14.3. The monoisotopic (exact) mass is 466 g/mol. The molecule has 3 amide bonds. The zero-order valence-electron chi connectivity index (χ0n) is 15.7. The summed E-state index contributed by atoms with van der Waals surface area (Å²) >= 11 is 17.7.